The molecule has 0 heterocycles. The van der Waals surface area contributed by atoms with Crippen LogP contribution < -0.4 is 14.8 Å². The number of amides is 1. The molecule has 0 aliphatic carbocycles. The van der Waals surface area contributed by atoms with Crippen molar-refractivity contribution >= 4 is 17.5 Å². The average molecular weight is 370 g/mol. The first kappa shape index (κ1) is 19.0. The molecular weight excluding hydrogens is 352 g/mol. The summed E-state index contributed by atoms with van der Waals surface area (Å²) < 4.78 is 34.2. The number of rotatable bonds is 9. The second-order valence-corrected chi connectivity index (χ2v) is 5.65. The first-order valence-electron chi connectivity index (χ1n) is 7.72. The predicted molar refractivity (Wildman–Crippen MR) is 91.1 cm³/mol. The third-order valence-electron chi connectivity index (χ3n) is 3.24. The van der Waals surface area contributed by atoms with Crippen molar-refractivity contribution in [3.63, 3.8) is 0 Å². The Morgan fingerprint density at radius 2 is 1.88 bits per heavy atom. The molecule has 0 unspecified atom stereocenters. The van der Waals surface area contributed by atoms with Gasteiger partial charge in [0.2, 0.25) is 5.91 Å². The number of halogens is 3. The number of alkyl halides is 2. The maximum atomic E-state index is 12.2. The Hall–Kier alpha value is -2.34. The smallest absolute Gasteiger partial charge is 0.387 e. The highest BCUT2D eigenvalue weighted by Gasteiger charge is 2.06. The van der Waals surface area contributed by atoms with Crippen molar-refractivity contribution in [3.8, 4) is 11.5 Å². The highest BCUT2D eigenvalue weighted by Crippen LogP contribution is 2.16. The van der Waals surface area contributed by atoms with Gasteiger partial charge in [-0.2, -0.15) is 8.78 Å². The van der Waals surface area contributed by atoms with Crippen LogP contribution in [-0.4, -0.2) is 19.1 Å². The second kappa shape index (κ2) is 9.84. The van der Waals surface area contributed by atoms with E-state index >= 15 is 0 Å². The first-order valence-corrected chi connectivity index (χ1v) is 8.09. The van der Waals surface area contributed by atoms with Gasteiger partial charge in [0.05, 0.1) is 6.61 Å². The van der Waals surface area contributed by atoms with Crippen molar-refractivity contribution in [2.75, 3.05) is 6.61 Å². The highest BCUT2D eigenvalue weighted by atomic mass is 35.5. The molecule has 0 bridgehead atoms. The minimum absolute atomic E-state index is 0.0677. The standard InChI is InChI=1S/C18H18ClF2NO3/c19-14-6-8-15(9-7-14)24-10-2-5-17(23)22-12-13-3-1-4-16(11-13)25-18(20)21/h1,3-4,6-9,11,18H,2,5,10,12H2,(H,22,23). The van der Waals surface area contributed by atoms with Crippen LogP contribution in [0.5, 0.6) is 11.5 Å². The third kappa shape index (κ3) is 7.39. The molecule has 2 aromatic carbocycles. The summed E-state index contributed by atoms with van der Waals surface area (Å²) >= 11 is 5.78. The molecule has 1 N–H and O–H groups in total. The highest BCUT2D eigenvalue weighted by molar-refractivity contribution is 6.30. The maximum Gasteiger partial charge on any atom is 0.387 e. The largest absolute Gasteiger partial charge is 0.494 e. The fourth-order valence-corrected chi connectivity index (χ4v) is 2.20. The lowest BCUT2D eigenvalue weighted by Crippen LogP contribution is -2.23. The van der Waals surface area contributed by atoms with Crippen LogP contribution in [0.1, 0.15) is 18.4 Å². The molecule has 7 heteroatoms. The molecular formula is C18H18ClF2NO3. The Bertz CT molecular complexity index is 680. The summed E-state index contributed by atoms with van der Waals surface area (Å²) in [5.74, 6) is 0.624. The van der Waals surface area contributed by atoms with Gasteiger partial charge in [-0.05, 0) is 48.4 Å². The monoisotopic (exact) mass is 369 g/mol. The SMILES string of the molecule is O=C(CCCOc1ccc(Cl)cc1)NCc1cccc(OC(F)F)c1. The molecule has 0 aliphatic rings. The van der Waals surface area contributed by atoms with Gasteiger partial charge in [-0.3, -0.25) is 4.79 Å². The summed E-state index contributed by atoms with van der Waals surface area (Å²) in [6.45, 7) is -2.21. The predicted octanol–water partition coefficient (Wildman–Crippen LogP) is 4.42. The van der Waals surface area contributed by atoms with E-state index in [9.17, 15) is 13.6 Å². The number of carbonyl (C=O) groups is 1. The van der Waals surface area contributed by atoms with Crippen LogP contribution in [0.4, 0.5) is 8.78 Å². The molecule has 1 amide bonds. The molecule has 2 rings (SSSR count). The molecule has 0 radical (unpaired) electrons. The number of hydrogen-bond donors (Lipinski definition) is 1. The minimum Gasteiger partial charge on any atom is -0.494 e. The molecule has 0 aliphatic heterocycles. The first-order chi connectivity index (χ1) is 12.0. The van der Waals surface area contributed by atoms with Crippen LogP contribution in [0.15, 0.2) is 48.5 Å². The van der Waals surface area contributed by atoms with Gasteiger partial charge in [-0.15, -0.1) is 0 Å². The Balaban J connectivity index is 1.66. The van der Waals surface area contributed by atoms with Gasteiger partial charge in [0.25, 0.3) is 0 Å². The summed E-state index contributed by atoms with van der Waals surface area (Å²) in [6, 6.07) is 13.2. The zero-order valence-corrected chi connectivity index (χ0v) is 14.1. The van der Waals surface area contributed by atoms with E-state index in [0.29, 0.717) is 35.8 Å². The van der Waals surface area contributed by atoms with Gasteiger partial charge in [0.15, 0.2) is 0 Å². The van der Waals surface area contributed by atoms with Crippen LogP contribution in [0.2, 0.25) is 5.02 Å². The summed E-state index contributed by atoms with van der Waals surface area (Å²) in [6.07, 6.45) is 0.865. The van der Waals surface area contributed by atoms with Gasteiger partial charge in [-0.1, -0.05) is 23.7 Å². The van der Waals surface area contributed by atoms with Gasteiger partial charge < -0.3 is 14.8 Å². The van der Waals surface area contributed by atoms with Crippen LogP contribution in [0, 0.1) is 0 Å². The number of ether oxygens (including phenoxy) is 2. The van der Waals surface area contributed by atoms with Crippen molar-refractivity contribution in [2.45, 2.75) is 26.0 Å². The van der Waals surface area contributed by atoms with Crippen LogP contribution in [0.3, 0.4) is 0 Å². The van der Waals surface area contributed by atoms with Gasteiger partial charge >= 0.3 is 6.61 Å². The van der Waals surface area contributed by atoms with Crippen LogP contribution >= 0.6 is 11.6 Å². The molecule has 0 atom stereocenters. The lowest BCUT2D eigenvalue weighted by atomic mass is 10.2. The van der Waals surface area contributed by atoms with Gasteiger partial charge in [0, 0.05) is 18.0 Å². The van der Waals surface area contributed by atoms with Crippen LogP contribution in [-0.2, 0) is 11.3 Å². The Morgan fingerprint density at radius 3 is 2.60 bits per heavy atom. The van der Waals surface area contributed by atoms with E-state index in [4.69, 9.17) is 16.3 Å². The molecule has 25 heavy (non-hydrogen) atoms. The molecule has 2 aromatic rings. The summed E-state index contributed by atoms with van der Waals surface area (Å²) in [5.41, 5.74) is 0.684. The molecule has 0 saturated heterocycles. The maximum absolute atomic E-state index is 12.2. The Kier molecular flexibility index (Phi) is 7.47. The lowest BCUT2D eigenvalue weighted by molar-refractivity contribution is -0.121. The normalized spacial score (nSPS) is 10.6. The number of benzene rings is 2. The fraction of sp³-hybridized carbons (Fsp3) is 0.278. The quantitative estimate of drug-likeness (QED) is 0.666. The Morgan fingerprint density at radius 1 is 1.12 bits per heavy atom. The number of hydrogen-bond acceptors (Lipinski definition) is 3. The van der Waals surface area contributed by atoms with Crippen LogP contribution in [0.25, 0.3) is 0 Å². The molecule has 0 spiro atoms. The lowest BCUT2D eigenvalue weighted by Gasteiger charge is -2.09. The van der Waals surface area contributed by atoms with Gasteiger partial charge in [-0.25, -0.2) is 0 Å². The summed E-state index contributed by atoms with van der Waals surface area (Å²) in [4.78, 5) is 11.8. The molecule has 134 valence electrons. The van der Waals surface area contributed by atoms with E-state index < -0.39 is 6.61 Å². The van der Waals surface area contributed by atoms with E-state index in [1.54, 1.807) is 36.4 Å². The van der Waals surface area contributed by atoms with E-state index in [0.717, 1.165) is 0 Å². The topological polar surface area (TPSA) is 47.6 Å². The van der Waals surface area contributed by atoms with Crippen molar-refractivity contribution in [1.29, 1.82) is 0 Å². The molecule has 0 saturated carbocycles. The number of nitrogens with one attached hydrogen (secondary N) is 1. The average Bonchev–Trinajstić information content (AvgIpc) is 2.58. The summed E-state index contributed by atoms with van der Waals surface area (Å²) in [5, 5.41) is 3.36. The van der Waals surface area contributed by atoms with E-state index in [1.165, 1.54) is 12.1 Å². The number of carbonyl (C=O) groups excluding carboxylic acids is 1. The van der Waals surface area contributed by atoms with E-state index in [1.807, 2.05) is 0 Å². The van der Waals surface area contributed by atoms with E-state index in [2.05, 4.69) is 10.1 Å². The zero-order chi connectivity index (χ0) is 18.1. The van der Waals surface area contributed by atoms with Crippen molar-refractivity contribution in [2.24, 2.45) is 0 Å². The third-order valence-corrected chi connectivity index (χ3v) is 3.50. The molecule has 0 aromatic heterocycles. The second-order valence-electron chi connectivity index (χ2n) is 5.21. The zero-order valence-electron chi connectivity index (χ0n) is 13.4. The minimum atomic E-state index is -2.87. The Labute approximate surface area is 149 Å². The summed E-state index contributed by atoms with van der Waals surface area (Å²) in [7, 11) is 0. The molecule has 4 nitrogen and oxygen atoms in total. The van der Waals surface area contributed by atoms with Crippen molar-refractivity contribution in [3.05, 3.63) is 59.1 Å². The fourth-order valence-electron chi connectivity index (χ4n) is 2.07. The van der Waals surface area contributed by atoms with Crippen molar-refractivity contribution in [1.82, 2.24) is 5.32 Å². The molecule has 0 fully saturated rings. The van der Waals surface area contributed by atoms with Crippen molar-refractivity contribution < 1.29 is 23.0 Å². The van der Waals surface area contributed by atoms with E-state index in [-0.39, 0.29) is 18.2 Å². The van der Waals surface area contributed by atoms with Gasteiger partial charge in [0.1, 0.15) is 11.5 Å².